The number of fused-ring (bicyclic) bond motifs is 1. The minimum absolute atomic E-state index is 0.267. The molecule has 7 nitrogen and oxygen atoms in total. The summed E-state index contributed by atoms with van der Waals surface area (Å²) < 4.78 is 1.87. The van der Waals surface area contributed by atoms with Gasteiger partial charge in [0.2, 0.25) is 0 Å². The molecule has 1 aliphatic heterocycles. The van der Waals surface area contributed by atoms with Crippen molar-refractivity contribution in [3.05, 3.63) is 66.1 Å². The molecule has 3 aromatic heterocycles. The van der Waals surface area contributed by atoms with Crippen LogP contribution in [0.4, 0.5) is 0 Å². The largest absolute Gasteiger partial charge is 0.289 e. The van der Waals surface area contributed by atoms with Gasteiger partial charge in [-0.15, -0.1) is 0 Å². The zero-order valence-corrected chi connectivity index (χ0v) is 15.2. The first kappa shape index (κ1) is 16.1. The van der Waals surface area contributed by atoms with E-state index in [9.17, 15) is 0 Å². The summed E-state index contributed by atoms with van der Waals surface area (Å²) in [5.41, 5.74) is 4.21. The van der Waals surface area contributed by atoms with Crippen molar-refractivity contribution in [2.24, 2.45) is 0 Å². The van der Waals surface area contributed by atoms with Crippen molar-refractivity contribution in [2.45, 2.75) is 32.4 Å². The van der Waals surface area contributed by atoms with Gasteiger partial charge >= 0.3 is 0 Å². The molecule has 1 saturated heterocycles. The van der Waals surface area contributed by atoms with E-state index >= 15 is 0 Å². The molecular weight excluding hydrogens is 338 g/mol. The Balaban J connectivity index is 1.41. The lowest BCUT2D eigenvalue weighted by Crippen LogP contribution is -2.24. The lowest BCUT2D eigenvalue weighted by atomic mass is 10.1. The Morgan fingerprint density at radius 3 is 2.89 bits per heavy atom. The maximum Gasteiger partial charge on any atom is 0.167 e. The molecule has 1 N–H and O–H groups in total. The summed E-state index contributed by atoms with van der Waals surface area (Å²) in [6, 6.07) is 10.5. The molecule has 0 amide bonds. The van der Waals surface area contributed by atoms with Gasteiger partial charge in [0.1, 0.15) is 5.82 Å². The van der Waals surface area contributed by atoms with Gasteiger partial charge in [-0.2, -0.15) is 10.2 Å². The highest BCUT2D eigenvalue weighted by Gasteiger charge is 2.29. The molecule has 0 bridgehead atoms. The molecule has 0 radical (unpaired) electrons. The number of rotatable bonds is 4. The van der Waals surface area contributed by atoms with E-state index in [1.807, 2.05) is 42.0 Å². The Hall–Kier alpha value is -3.06. The van der Waals surface area contributed by atoms with Crippen LogP contribution >= 0.6 is 0 Å². The van der Waals surface area contributed by atoms with Gasteiger partial charge in [-0.25, -0.2) is 14.5 Å². The van der Waals surface area contributed by atoms with Crippen LogP contribution in [0.1, 0.15) is 36.1 Å². The highest BCUT2D eigenvalue weighted by atomic mass is 15.3. The fourth-order valence-corrected chi connectivity index (χ4v) is 3.87. The number of nitrogens with zero attached hydrogens (tertiary/aromatic N) is 6. The summed E-state index contributed by atoms with van der Waals surface area (Å²) >= 11 is 0. The van der Waals surface area contributed by atoms with Crippen LogP contribution in [0.5, 0.6) is 0 Å². The predicted octanol–water partition coefficient (Wildman–Crippen LogP) is 3.16. The van der Waals surface area contributed by atoms with E-state index in [2.05, 4.69) is 43.5 Å². The van der Waals surface area contributed by atoms with Crippen LogP contribution in [0.2, 0.25) is 0 Å². The smallest absolute Gasteiger partial charge is 0.167 e. The van der Waals surface area contributed by atoms with E-state index in [1.54, 1.807) is 0 Å². The first-order valence-corrected chi connectivity index (χ1v) is 9.28. The SMILES string of the molecule is Cc1nc([C@@H]2CCCN2Cc2cnc3c(-c4ccccc4)cnn3c2)n[nH]1. The Bertz CT molecular complexity index is 1070. The van der Waals surface area contributed by atoms with Gasteiger partial charge in [0.25, 0.3) is 0 Å². The molecule has 7 heteroatoms. The highest BCUT2D eigenvalue weighted by molar-refractivity contribution is 5.76. The lowest BCUT2D eigenvalue weighted by Gasteiger charge is -2.21. The third-order valence-corrected chi connectivity index (χ3v) is 5.16. The second-order valence-corrected chi connectivity index (χ2v) is 7.06. The Labute approximate surface area is 157 Å². The topological polar surface area (TPSA) is 75.0 Å². The first-order valence-electron chi connectivity index (χ1n) is 9.28. The first-order chi connectivity index (χ1) is 13.3. The van der Waals surface area contributed by atoms with Crippen LogP contribution in [0.3, 0.4) is 0 Å². The molecule has 1 fully saturated rings. The van der Waals surface area contributed by atoms with Gasteiger partial charge < -0.3 is 0 Å². The van der Waals surface area contributed by atoms with Crippen molar-refractivity contribution in [2.75, 3.05) is 6.54 Å². The second-order valence-electron chi connectivity index (χ2n) is 7.06. The second kappa shape index (κ2) is 6.59. The Morgan fingerprint density at radius 1 is 1.19 bits per heavy atom. The zero-order chi connectivity index (χ0) is 18.2. The Kier molecular flexibility index (Phi) is 3.94. The van der Waals surface area contributed by atoms with E-state index in [-0.39, 0.29) is 6.04 Å². The number of aryl methyl sites for hydroxylation is 1. The van der Waals surface area contributed by atoms with Crippen LogP contribution in [-0.4, -0.2) is 41.2 Å². The summed E-state index contributed by atoms with van der Waals surface area (Å²) in [5, 5.41) is 11.8. The van der Waals surface area contributed by atoms with Crippen molar-refractivity contribution in [3.8, 4) is 11.1 Å². The average Bonchev–Trinajstić information content (AvgIpc) is 3.42. The summed E-state index contributed by atoms with van der Waals surface area (Å²) in [5.74, 6) is 1.76. The maximum atomic E-state index is 4.70. The number of aromatic nitrogens is 6. The van der Waals surface area contributed by atoms with Crippen LogP contribution in [0.15, 0.2) is 48.9 Å². The van der Waals surface area contributed by atoms with Gasteiger partial charge in [0.05, 0.1) is 12.2 Å². The number of hydrogen-bond acceptors (Lipinski definition) is 5. The number of benzene rings is 1. The summed E-state index contributed by atoms with van der Waals surface area (Å²) in [6.07, 6.45) is 8.17. The van der Waals surface area contributed by atoms with Gasteiger partial charge in [0.15, 0.2) is 11.5 Å². The molecule has 1 atom stereocenters. The molecule has 4 aromatic rings. The molecule has 0 aliphatic carbocycles. The molecule has 0 unspecified atom stereocenters. The number of hydrogen-bond donors (Lipinski definition) is 1. The quantitative estimate of drug-likeness (QED) is 0.606. The molecule has 5 rings (SSSR count). The lowest BCUT2D eigenvalue weighted by molar-refractivity contribution is 0.239. The van der Waals surface area contributed by atoms with E-state index in [1.165, 1.54) is 0 Å². The van der Waals surface area contributed by atoms with Crippen molar-refractivity contribution < 1.29 is 0 Å². The average molecular weight is 359 g/mol. The molecule has 4 heterocycles. The minimum Gasteiger partial charge on any atom is -0.289 e. The van der Waals surface area contributed by atoms with Gasteiger partial charge in [-0.3, -0.25) is 10.00 Å². The third-order valence-electron chi connectivity index (χ3n) is 5.16. The monoisotopic (exact) mass is 359 g/mol. The molecule has 1 aromatic carbocycles. The van der Waals surface area contributed by atoms with Crippen molar-refractivity contribution in [1.82, 2.24) is 34.7 Å². The predicted molar refractivity (Wildman–Crippen MR) is 102 cm³/mol. The van der Waals surface area contributed by atoms with Gasteiger partial charge in [0, 0.05) is 30.1 Å². The number of likely N-dealkylation sites (tertiary alicyclic amines) is 1. The van der Waals surface area contributed by atoms with Gasteiger partial charge in [-0.05, 0) is 31.9 Å². The number of nitrogens with one attached hydrogen (secondary N) is 1. The molecule has 136 valence electrons. The molecule has 0 saturated carbocycles. The minimum atomic E-state index is 0.267. The standard InChI is InChI=1S/C20H21N7/c1-14-23-19(25-24-14)18-8-5-9-26(18)12-15-10-21-20-17(11-22-27(20)13-15)16-6-3-2-4-7-16/h2-4,6-7,10-11,13,18H,5,8-9,12H2,1H3,(H,23,24,25)/t18-/m0/s1. The summed E-state index contributed by atoms with van der Waals surface area (Å²) in [6.45, 7) is 3.81. The van der Waals surface area contributed by atoms with E-state index < -0.39 is 0 Å². The van der Waals surface area contributed by atoms with E-state index in [4.69, 9.17) is 4.98 Å². The number of aromatic amines is 1. The molecule has 0 spiro atoms. The fraction of sp³-hybridized carbons (Fsp3) is 0.300. The van der Waals surface area contributed by atoms with E-state index in [0.717, 1.165) is 59.9 Å². The zero-order valence-electron chi connectivity index (χ0n) is 15.2. The number of H-pyrrole nitrogens is 1. The van der Waals surface area contributed by atoms with Crippen molar-refractivity contribution in [3.63, 3.8) is 0 Å². The van der Waals surface area contributed by atoms with Crippen molar-refractivity contribution >= 4 is 5.65 Å². The van der Waals surface area contributed by atoms with Crippen molar-refractivity contribution in [1.29, 1.82) is 0 Å². The van der Waals surface area contributed by atoms with Crippen LogP contribution in [-0.2, 0) is 6.54 Å². The maximum absolute atomic E-state index is 4.70. The normalized spacial score (nSPS) is 17.7. The Morgan fingerprint density at radius 2 is 2.07 bits per heavy atom. The highest BCUT2D eigenvalue weighted by Crippen LogP contribution is 2.31. The summed E-state index contributed by atoms with van der Waals surface area (Å²) in [7, 11) is 0. The van der Waals surface area contributed by atoms with Crippen LogP contribution in [0, 0.1) is 6.92 Å². The fourth-order valence-electron chi connectivity index (χ4n) is 3.87. The summed E-state index contributed by atoms with van der Waals surface area (Å²) in [4.78, 5) is 11.7. The van der Waals surface area contributed by atoms with Crippen LogP contribution in [0.25, 0.3) is 16.8 Å². The molecule has 1 aliphatic rings. The van der Waals surface area contributed by atoms with Gasteiger partial charge in [-0.1, -0.05) is 30.3 Å². The van der Waals surface area contributed by atoms with E-state index in [0.29, 0.717) is 0 Å². The molecular formula is C20H21N7. The van der Waals surface area contributed by atoms with Crippen LogP contribution < -0.4 is 0 Å². The third kappa shape index (κ3) is 3.00. The molecule has 27 heavy (non-hydrogen) atoms.